The first-order valence-electron chi connectivity index (χ1n) is 6.69. The van der Waals surface area contributed by atoms with Gasteiger partial charge in [0.25, 0.3) is 5.91 Å². The molecule has 108 valence electrons. The van der Waals surface area contributed by atoms with Crippen LogP contribution in [0.2, 0.25) is 0 Å². The zero-order valence-electron chi connectivity index (χ0n) is 11.7. The average Bonchev–Trinajstić information content (AvgIpc) is 3.11. The van der Waals surface area contributed by atoms with Crippen LogP contribution in [0.3, 0.4) is 0 Å². The molecule has 0 bridgehead atoms. The molecule has 1 N–H and O–H groups in total. The second-order valence-electron chi connectivity index (χ2n) is 4.80. The third-order valence-corrected chi connectivity index (χ3v) is 4.40. The Hall–Kier alpha value is -2.60. The molecule has 0 aliphatic carbocycles. The molecule has 3 heterocycles. The topological polar surface area (TPSA) is 67.5 Å². The summed E-state index contributed by atoms with van der Waals surface area (Å²) in [7, 11) is 1.64. The van der Waals surface area contributed by atoms with Crippen LogP contribution >= 0.6 is 11.8 Å². The number of fused-ring (bicyclic) bond motifs is 3. The first kappa shape index (κ1) is 13.1. The number of amides is 1. The van der Waals surface area contributed by atoms with Crippen molar-refractivity contribution in [2.75, 3.05) is 7.05 Å². The lowest BCUT2D eigenvalue weighted by Gasteiger charge is -1.96. The molecule has 3 aromatic rings. The van der Waals surface area contributed by atoms with Crippen molar-refractivity contribution < 1.29 is 9.21 Å². The maximum absolute atomic E-state index is 11.8. The first-order chi connectivity index (χ1) is 10.7. The number of thioether (sulfide) groups is 1. The predicted molar refractivity (Wildman–Crippen MR) is 88.6 cm³/mol. The van der Waals surface area contributed by atoms with Crippen LogP contribution in [-0.4, -0.2) is 23.1 Å². The normalized spacial score (nSPS) is 18.7. The summed E-state index contributed by atoms with van der Waals surface area (Å²) in [5, 5.41) is 5.16. The maximum Gasteiger partial charge on any atom is 0.264 e. The standard InChI is InChI=1S/C16H11N3O2S/c1-17-16-19-15(20)13(22-16)7-10-6-9-8-18-12-5-3-2-4-11(12)14(9)21-10/h2-8H,1H3,(H,17,19,20)/b13-7-. The number of hydrogen-bond acceptors (Lipinski definition) is 5. The zero-order valence-corrected chi connectivity index (χ0v) is 12.5. The molecule has 6 heteroatoms. The average molecular weight is 309 g/mol. The van der Waals surface area contributed by atoms with Crippen LogP contribution in [0.15, 0.2) is 50.8 Å². The molecular weight excluding hydrogens is 298 g/mol. The lowest BCUT2D eigenvalue weighted by Crippen LogP contribution is -2.19. The van der Waals surface area contributed by atoms with Gasteiger partial charge in [0.15, 0.2) is 5.17 Å². The Morgan fingerprint density at radius 1 is 1.36 bits per heavy atom. The van der Waals surface area contributed by atoms with E-state index in [2.05, 4.69) is 15.3 Å². The molecule has 1 aliphatic rings. The smallest absolute Gasteiger partial charge is 0.264 e. The minimum absolute atomic E-state index is 0.158. The molecule has 22 heavy (non-hydrogen) atoms. The molecule has 0 spiro atoms. The van der Waals surface area contributed by atoms with Crippen LogP contribution in [0.25, 0.3) is 27.9 Å². The van der Waals surface area contributed by atoms with E-state index in [1.54, 1.807) is 19.3 Å². The van der Waals surface area contributed by atoms with Crippen LogP contribution in [0.1, 0.15) is 5.76 Å². The van der Waals surface area contributed by atoms with Crippen molar-refractivity contribution in [1.29, 1.82) is 0 Å². The molecule has 0 radical (unpaired) electrons. The molecule has 1 saturated heterocycles. The van der Waals surface area contributed by atoms with Crippen LogP contribution in [0.4, 0.5) is 0 Å². The Bertz CT molecular complexity index is 972. The highest BCUT2D eigenvalue weighted by Gasteiger charge is 2.23. The summed E-state index contributed by atoms with van der Waals surface area (Å²) in [4.78, 5) is 20.8. The lowest BCUT2D eigenvalue weighted by molar-refractivity contribution is -0.115. The van der Waals surface area contributed by atoms with E-state index in [0.29, 0.717) is 15.8 Å². The Morgan fingerprint density at radius 3 is 3.05 bits per heavy atom. The highest BCUT2D eigenvalue weighted by Crippen LogP contribution is 2.30. The van der Waals surface area contributed by atoms with Gasteiger partial charge in [0.05, 0.1) is 10.4 Å². The number of hydrogen-bond donors (Lipinski definition) is 1. The molecule has 1 aliphatic heterocycles. The largest absolute Gasteiger partial charge is 0.456 e. The number of furan rings is 1. The summed E-state index contributed by atoms with van der Waals surface area (Å²) in [6, 6.07) is 9.70. The summed E-state index contributed by atoms with van der Waals surface area (Å²) < 4.78 is 5.91. The fourth-order valence-electron chi connectivity index (χ4n) is 2.38. The van der Waals surface area contributed by atoms with Gasteiger partial charge in [-0.1, -0.05) is 12.1 Å². The Morgan fingerprint density at radius 2 is 2.23 bits per heavy atom. The SMILES string of the molecule is CN=C1NC(=O)/C(=C/c2cc3cnc4ccccc4c3o2)S1. The number of amidine groups is 1. The van der Waals surface area contributed by atoms with E-state index in [9.17, 15) is 4.79 Å². The van der Waals surface area contributed by atoms with Crippen molar-refractivity contribution in [2.24, 2.45) is 4.99 Å². The molecule has 0 unspecified atom stereocenters. The molecule has 1 aromatic carbocycles. The Kier molecular flexibility index (Phi) is 2.97. The van der Waals surface area contributed by atoms with E-state index in [-0.39, 0.29) is 5.91 Å². The number of aliphatic imine (C=N–C) groups is 1. The van der Waals surface area contributed by atoms with Gasteiger partial charge in [-0.3, -0.25) is 14.8 Å². The molecule has 0 atom stereocenters. The quantitative estimate of drug-likeness (QED) is 0.701. The lowest BCUT2D eigenvalue weighted by atomic mass is 10.2. The molecular formula is C16H11N3O2S. The number of benzene rings is 1. The maximum atomic E-state index is 11.8. The minimum Gasteiger partial charge on any atom is -0.456 e. The Balaban J connectivity index is 1.84. The summed E-state index contributed by atoms with van der Waals surface area (Å²) in [6.07, 6.45) is 3.51. The van der Waals surface area contributed by atoms with E-state index in [4.69, 9.17) is 4.42 Å². The van der Waals surface area contributed by atoms with Crippen molar-refractivity contribution >= 4 is 50.8 Å². The van der Waals surface area contributed by atoms with Gasteiger partial charge < -0.3 is 9.73 Å². The van der Waals surface area contributed by atoms with Gasteiger partial charge in [-0.15, -0.1) is 0 Å². The molecule has 0 saturated carbocycles. The highest BCUT2D eigenvalue weighted by molar-refractivity contribution is 8.18. The van der Waals surface area contributed by atoms with Crippen LogP contribution < -0.4 is 5.32 Å². The van der Waals surface area contributed by atoms with Crippen molar-refractivity contribution in [3.05, 3.63) is 47.2 Å². The van der Waals surface area contributed by atoms with Crippen molar-refractivity contribution in [2.45, 2.75) is 0 Å². The summed E-state index contributed by atoms with van der Waals surface area (Å²) >= 11 is 1.30. The summed E-state index contributed by atoms with van der Waals surface area (Å²) in [5.74, 6) is 0.470. The Labute approximate surface area is 130 Å². The first-order valence-corrected chi connectivity index (χ1v) is 7.51. The van der Waals surface area contributed by atoms with E-state index in [1.165, 1.54) is 11.8 Å². The number of nitrogens with zero attached hydrogens (tertiary/aromatic N) is 2. The zero-order chi connectivity index (χ0) is 15.1. The highest BCUT2D eigenvalue weighted by atomic mass is 32.2. The van der Waals surface area contributed by atoms with E-state index >= 15 is 0 Å². The third-order valence-electron chi connectivity index (χ3n) is 3.40. The van der Waals surface area contributed by atoms with Crippen molar-refractivity contribution in [3.63, 3.8) is 0 Å². The number of pyridine rings is 1. The van der Waals surface area contributed by atoms with Gasteiger partial charge in [-0.2, -0.15) is 0 Å². The monoisotopic (exact) mass is 309 g/mol. The van der Waals surface area contributed by atoms with Crippen molar-refractivity contribution in [3.8, 4) is 0 Å². The number of nitrogens with one attached hydrogen (secondary N) is 1. The number of rotatable bonds is 1. The minimum atomic E-state index is -0.158. The van der Waals surface area contributed by atoms with Gasteiger partial charge in [-0.25, -0.2) is 0 Å². The van der Waals surface area contributed by atoms with Gasteiger partial charge in [0.1, 0.15) is 11.3 Å². The summed E-state index contributed by atoms with van der Waals surface area (Å²) in [6.45, 7) is 0. The van der Waals surface area contributed by atoms with Gasteiger partial charge >= 0.3 is 0 Å². The van der Waals surface area contributed by atoms with Gasteiger partial charge in [0, 0.05) is 30.1 Å². The van der Waals surface area contributed by atoms with Gasteiger partial charge in [-0.05, 0) is 30.0 Å². The predicted octanol–water partition coefficient (Wildman–Crippen LogP) is 3.17. The fourth-order valence-corrected chi connectivity index (χ4v) is 3.14. The van der Waals surface area contributed by atoms with Crippen molar-refractivity contribution in [1.82, 2.24) is 10.3 Å². The van der Waals surface area contributed by atoms with Crippen LogP contribution in [0, 0.1) is 0 Å². The molecule has 5 nitrogen and oxygen atoms in total. The number of carbonyl (C=O) groups excluding carboxylic acids is 1. The van der Waals surface area contributed by atoms with Crippen LogP contribution in [0.5, 0.6) is 0 Å². The summed E-state index contributed by atoms with van der Waals surface area (Å²) in [5.41, 5.74) is 1.67. The number of aromatic nitrogens is 1. The molecule has 4 rings (SSSR count). The van der Waals surface area contributed by atoms with E-state index in [1.807, 2.05) is 30.3 Å². The second kappa shape index (κ2) is 4.99. The molecule has 2 aromatic heterocycles. The molecule has 1 fully saturated rings. The molecule has 1 amide bonds. The number of para-hydroxylation sites is 1. The fraction of sp³-hybridized carbons (Fsp3) is 0.0625. The third kappa shape index (κ3) is 2.08. The van der Waals surface area contributed by atoms with Crippen LogP contribution in [-0.2, 0) is 4.79 Å². The van der Waals surface area contributed by atoms with Gasteiger partial charge in [0.2, 0.25) is 0 Å². The van der Waals surface area contributed by atoms with E-state index in [0.717, 1.165) is 21.9 Å². The van der Waals surface area contributed by atoms with E-state index < -0.39 is 0 Å². The second-order valence-corrected chi connectivity index (χ2v) is 5.83. The number of carbonyl (C=O) groups is 1.